The van der Waals surface area contributed by atoms with E-state index in [1.165, 1.54) is 6.42 Å². The Morgan fingerprint density at radius 1 is 1.53 bits per heavy atom. The van der Waals surface area contributed by atoms with E-state index in [1.807, 2.05) is 0 Å². The number of hydrogen-bond donors (Lipinski definition) is 2. The minimum Gasteiger partial charge on any atom is -0.350 e. The van der Waals surface area contributed by atoms with E-state index in [-0.39, 0.29) is 11.4 Å². The van der Waals surface area contributed by atoms with Gasteiger partial charge in [-0.3, -0.25) is 4.79 Å². The fourth-order valence-electron chi connectivity index (χ4n) is 2.92. The Labute approximate surface area is 106 Å². The average molecular weight is 240 g/mol. The molecule has 0 radical (unpaired) electrons. The lowest BCUT2D eigenvalue weighted by Gasteiger charge is -2.38. The smallest absolute Gasteiger partial charge is 0.240 e. The topological polar surface area (TPSA) is 55.1 Å². The van der Waals surface area contributed by atoms with Crippen LogP contribution >= 0.6 is 0 Å². The van der Waals surface area contributed by atoms with E-state index in [0.29, 0.717) is 5.92 Å². The van der Waals surface area contributed by atoms with Crippen LogP contribution < -0.4 is 11.1 Å². The van der Waals surface area contributed by atoms with Crippen LogP contribution in [0.15, 0.2) is 0 Å². The Kier molecular flexibility index (Phi) is 4.59. The summed E-state index contributed by atoms with van der Waals surface area (Å²) in [5.41, 5.74) is 5.51. The molecule has 17 heavy (non-hydrogen) atoms. The van der Waals surface area contributed by atoms with Gasteiger partial charge in [-0.15, -0.1) is 0 Å². The number of amides is 1. The monoisotopic (exact) mass is 240 g/mol. The molecule has 1 aliphatic carbocycles. The molecule has 0 saturated heterocycles. The fourth-order valence-corrected chi connectivity index (χ4v) is 2.92. The number of rotatable bonds is 4. The van der Waals surface area contributed by atoms with Crippen LogP contribution in [0.25, 0.3) is 0 Å². The van der Waals surface area contributed by atoms with E-state index < -0.39 is 5.54 Å². The predicted molar refractivity (Wildman–Crippen MR) is 71.7 cm³/mol. The SMILES string of the molecule is CCCC(C)(C)NC(=O)C1(N)CCCC(C)C1. The van der Waals surface area contributed by atoms with Crippen molar-refractivity contribution >= 4 is 5.91 Å². The van der Waals surface area contributed by atoms with Crippen molar-refractivity contribution in [3.05, 3.63) is 0 Å². The second kappa shape index (κ2) is 5.38. The molecule has 0 heterocycles. The predicted octanol–water partition coefficient (Wildman–Crippen LogP) is 2.59. The Balaban J connectivity index is 2.62. The van der Waals surface area contributed by atoms with Crippen LogP contribution in [0.3, 0.4) is 0 Å². The lowest BCUT2D eigenvalue weighted by molar-refractivity contribution is -0.129. The van der Waals surface area contributed by atoms with E-state index in [9.17, 15) is 4.79 Å². The summed E-state index contributed by atoms with van der Waals surface area (Å²) in [5.74, 6) is 0.608. The van der Waals surface area contributed by atoms with Crippen LogP contribution in [0.1, 0.15) is 66.2 Å². The van der Waals surface area contributed by atoms with E-state index >= 15 is 0 Å². The minimum absolute atomic E-state index is 0.0440. The summed E-state index contributed by atoms with van der Waals surface area (Å²) in [6.45, 7) is 8.47. The first-order valence-corrected chi connectivity index (χ1v) is 6.90. The van der Waals surface area contributed by atoms with Crippen molar-refractivity contribution in [2.24, 2.45) is 11.7 Å². The van der Waals surface area contributed by atoms with Crippen LogP contribution in [-0.4, -0.2) is 17.0 Å². The molecule has 2 unspecified atom stereocenters. The molecular formula is C14H28N2O. The van der Waals surface area contributed by atoms with E-state index in [2.05, 4.69) is 33.0 Å². The van der Waals surface area contributed by atoms with Crippen molar-refractivity contribution in [1.29, 1.82) is 0 Å². The summed E-state index contributed by atoms with van der Waals surface area (Å²) in [5, 5.41) is 3.12. The first kappa shape index (κ1) is 14.5. The number of nitrogens with one attached hydrogen (secondary N) is 1. The molecule has 0 aromatic rings. The van der Waals surface area contributed by atoms with Crippen LogP contribution in [0.2, 0.25) is 0 Å². The molecule has 0 aliphatic heterocycles. The molecule has 1 fully saturated rings. The van der Waals surface area contributed by atoms with Crippen molar-refractivity contribution in [2.75, 3.05) is 0 Å². The summed E-state index contributed by atoms with van der Waals surface area (Å²) >= 11 is 0. The van der Waals surface area contributed by atoms with Gasteiger partial charge in [0, 0.05) is 5.54 Å². The molecule has 1 saturated carbocycles. The largest absolute Gasteiger partial charge is 0.350 e. The quantitative estimate of drug-likeness (QED) is 0.793. The Hall–Kier alpha value is -0.570. The van der Waals surface area contributed by atoms with Crippen molar-refractivity contribution < 1.29 is 4.79 Å². The highest BCUT2D eigenvalue weighted by Crippen LogP contribution is 2.31. The van der Waals surface area contributed by atoms with Crippen LogP contribution in [0, 0.1) is 5.92 Å². The Morgan fingerprint density at radius 3 is 2.71 bits per heavy atom. The molecule has 0 aromatic carbocycles. The van der Waals surface area contributed by atoms with Gasteiger partial charge in [-0.25, -0.2) is 0 Å². The maximum atomic E-state index is 12.3. The Bertz CT molecular complexity index is 275. The molecule has 3 nitrogen and oxygen atoms in total. The number of nitrogens with two attached hydrogens (primary N) is 1. The minimum atomic E-state index is -0.636. The van der Waals surface area contributed by atoms with Crippen LogP contribution in [0.4, 0.5) is 0 Å². The van der Waals surface area contributed by atoms with Gasteiger partial charge in [0.05, 0.1) is 5.54 Å². The van der Waals surface area contributed by atoms with Crippen molar-refractivity contribution in [3.63, 3.8) is 0 Å². The van der Waals surface area contributed by atoms with Gasteiger partial charge >= 0.3 is 0 Å². The molecule has 0 aromatic heterocycles. The van der Waals surface area contributed by atoms with Crippen molar-refractivity contribution in [3.8, 4) is 0 Å². The molecular weight excluding hydrogens is 212 g/mol. The maximum Gasteiger partial charge on any atom is 0.240 e. The summed E-state index contributed by atoms with van der Waals surface area (Å²) in [4.78, 5) is 12.3. The third-order valence-corrected chi connectivity index (χ3v) is 3.81. The zero-order chi connectivity index (χ0) is 13.1. The number of hydrogen-bond acceptors (Lipinski definition) is 2. The van der Waals surface area contributed by atoms with Crippen LogP contribution in [-0.2, 0) is 4.79 Å². The molecule has 100 valence electrons. The maximum absolute atomic E-state index is 12.3. The van der Waals surface area contributed by atoms with E-state index in [0.717, 1.165) is 32.1 Å². The van der Waals surface area contributed by atoms with Crippen molar-refractivity contribution in [2.45, 2.75) is 77.3 Å². The fraction of sp³-hybridized carbons (Fsp3) is 0.929. The van der Waals surface area contributed by atoms with Gasteiger partial charge in [-0.05, 0) is 39.0 Å². The molecule has 3 N–H and O–H groups in total. The lowest BCUT2D eigenvalue weighted by Crippen LogP contribution is -2.60. The standard InChI is InChI=1S/C14H28N2O/c1-5-8-13(3,4)16-12(17)14(15)9-6-7-11(2)10-14/h11H,5-10,15H2,1-4H3,(H,16,17). The molecule has 0 spiro atoms. The number of carbonyl (C=O) groups excluding carboxylic acids is 1. The van der Waals surface area contributed by atoms with Gasteiger partial charge in [-0.2, -0.15) is 0 Å². The van der Waals surface area contributed by atoms with E-state index in [4.69, 9.17) is 5.73 Å². The molecule has 2 atom stereocenters. The lowest BCUT2D eigenvalue weighted by atomic mass is 9.76. The zero-order valence-corrected chi connectivity index (χ0v) is 11.8. The Morgan fingerprint density at radius 2 is 2.18 bits per heavy atom. The summed E-state index contributed by atoms with van der Waals surface area (Å²) in [7, 11) is 0. The molecule has 1 aliphatic rings. The highest BCUT2D eigenvalue weighted by molar-refractivity contribution is 5.86. The van der Waals surface area contributed by atoms with Gasteiger partial charge in [0.15, 0.2) is 0 Å². The summed E-state index contributed by atoms with van der Waals surface area (Å²) in [6, 6.07) is 0. The average Bonchev–Trinajstić information content (AvgIpc) is 2.15. The molecule has 1 rings (SSSR count). The second-order valence-electron chi connectivity index (χ2n) is 6.45. The third kappa shape index (κ3) is 3.98. The normalized spacial score (nSPS) is 30.1. The first-order valence-electron chi connectivity index (χ1n) is 6.90. The molecule has 3 heteroatoms. The van der Waals surface area contributed by atoms with Crippen molar-refractivity contribution in [1.82, 2.24) is 5.32 Å². The number of carbonyl (C=O) groups is 1. The van der Waals surface area contributed by atoms with Gasteiger partial charge in [-0.1, -0.05) is 33.1 Å². The van der Waals surface area contributed by atoms with Crippen LogP contribution in [0.5, 0.6) is 0 Å². The van der Waals surface area contributed by atoms with Gasteiger partial charge in [0.2, 0.25) is 5.91 Å². The van der Waals surface area contributed by atoms with Gasteiger partial charge in [0.1, 0.15) is 0 Å². The third-order valence-electron chi connectivity index (χ3n) is 3.81. The van der Waals surface area contributed by atoms with E-state index in [1.54, 1.807) is 0 Å². The van der Waals surface area contributed by atoms with Gasteiger partial charge < -0.3 is 11.1 Å². The highest BCUT2D eigenvalue weighted by Gasteiger charge is 2.39. The van der Waals surface area contributed by atoms with Gasteiger partial charge in [0.25, 0.3) is 0 Å². The zero-order valence-electron chi connectivity index (χ0n) is 11.8. The molecule has 0 bridgehead atoms. The summed E-state index contributed by atoms with van der Waals surface area (Å²) < 4.78 is 0. The highest BCUT2D eigenvalue weighted by atomic mass is 16.2. The molecule has 1 amide bonds. The second-order valence-corrected chi connectivity index (χ2v) is 6.45. The first-order chi connectivity index (χ1) is 7.79. The summed E-state index contributed by atoms with van der Waals surface area (Å²) in [6.07, 6.45) is 5.97.